The van der Waals surface area contributed by atoms with Crippen LogP contribution in [0, 0.1) is 0 Å². The van der Waals surface area contributed by atoms with E-state index in [2.05, 4.69) is 0 Å². The number of esters is 1. The molecule has 22 heavy (non-hydrogen) atoms. The predicted octanol–water partition coefficient (Wildman–Crippen LogP) is 5.22. The molecular formula is C19H15ClO2. The van der Waals surface area contributed by atoms with Crippen LogP contribution < -0.4 is 0 Å². The molecule has 0 atom stereocenters. The van der Waals surface area contributed by atoms with E-state index in [0.29, 0.717) is 6.61 Å². The number of carbonyl (C=O) groups excluding carboxylic acids is 1. The molecule has 0 spiro atoms. The first kappa shape index (κ1) is 14.6. The van der Waals surface area contributed by atoms with Crippen LogP contribution in [-0.2, 0) is 9.53 Å². The lowest BCUT2D eigenvalue weighted by Crippen LogP contribution is -1.98. The molecule has 0 fully saturated rings. The fourth-order valence-corrected chi connectivity index (χ4v) is 2.96. The van der Waals surface area contributed by atoms with Crippen LogP contribution in [0.3, 0.4) is 0 Å². The molecule has 0 aliphatic carbocycles. The number of hydrogen-bond acceptors (Lipinski definition) is 2. The highest BCUT2D eigenvalue weighted by molar-refractivity contribution is 6.41. The molecule has 0 aliphatic rings. The lowest BCUT2D eigenvalue weighted by atomic mass is 9.96. The van der Waals surface area contributed by atoms with Crippen LogP contribution in [0.4, 0.5) is 0 Å². The zero-order valence-corrected chi connectivity index (χ0v) is 12.9. The van der Waals surface area contributed by atoms with Gasteiger partial charge in [0.1, 0.15) is 0 Å². The Kier molecular flexibility index (Phi) is 4.12. The minimum absolute atomic E-state index is 0.342. The summed E-state index contributed by atoms with van der Waals surface area (Å²) in [5.41, 5.74) is 0.976. The van der Waals surface area contributed by atoms with E-state index in [1.54, 1.807) is 13.0 Å². The molecule has 0 radical (unpaired) electrons. The number of rotatable bonds is 3. The maximum absolute atomic E-state index is 11.6. The summed E-state index contributed by atoms with van der Waals surface area (Å²) in [5, 5.41) is 4.73. The summed E-state index contributed by atoms with van der Waals surface area (Å²) in [6, 6.07) is 15.9. The third kappa shape index (κ3) is 2.58. The average Bonchev–Trinajstić information content (AvgIpc) is 2.55. The molecule has 3 aromatic rings. The first-order valence-electron chi connectivity index (χ1n) is 7.16. The SMILES string of the molecule is CCOC(=O)C=Cc1c2ccccc2c(Cl)c2ccccc12. The zero-order chi connectivity index (χ0) is 15.5. The van der Waals surface area contributed by atoms with Crippen molar-refractivity contribution in [1.29, 1.82) is 0 Å². The first-order valence-corrected chi connectivity index (χ1v) is 7.54. The summed E-state index contributed by atoms with van der Waals surface area (Å²) >= 11 is 6.54. The molecule has 0 saturated carbocycles. The van der Waals surface area contributed by atoms with E-state index in [9.17, 15) is 4.79 Å². The average molecular weight is 311 g/mol. The molecule has 0 heterocycles. The second kappa shape index (κ2) is 6.20. The van der Waals surface area contributed by atoms with Crippen LogP contribution in [0.5, 0.6) is 0 Å². The summed E-state index contributed by atoms with van der Waals surface area (Å²) in [6.45, 7) is 2.16. The van der Waals surface area contributed by atoms with Gasteiger partial charge in [0, 0.05) is 16.8 Å². The van der Waals surface area contributed by atoms with Gasteiger partial charge in [-0.1, -0.05) is 60.1 Å². The topological polar surface area (TPSA) is 26.3 Å². The number of hydrogen-bond donors (Lipinski definition) is 0. The van der Waals surface area contributed by atoms with Crippen LogP contribution in [0.25, 0.3) is 27.6 Å². The van der Waals surface area contributed by atoms with Gasteiger partial charge >= 0.3 is 5.97 Å². The largest absolute Gasteiger partial charge is 0.463 e. The van der Waals surface area contributed by atoms with Gasteiger partial charge in [-0.25, -0.2) is 4.79 Å². The summed E-state index contributed by atoms with van der Waals surface area (Å²) in [5.74, 6) is -0.342. The van der Waals surface area contributed by atoms with Gasteiger partial charge in [0.15, 0.2) is 0 Å². The van der Waals surface area contributed by atoms with Crippen LogP contribution in [-0.4, -0.2) is 12.6 Å². The molecule has 0 saturated heterocycles. The highest BCUT2D eigenvalue weighted by Gasteiger charge is 2.10. The van der Waals surface area contributed by atoms with Crippen molar-refractivity contribution in [3.63, 3.8) is 0 Å². The van der Waals surface area contributed by atoms with E-state index in [0.717, 1.165) is 32.1 Å². The van der Waals surface area contributed by atoms with E-state index >= 15 is 0 Å². The summed E-state index contributed by atoms with van der Waals surface area (Å²) < 4.78 is 4.96. The number of carbonyl (C=O) groups is 1. The van der Waals surface area contributed by atoms with Gasteiger partial charge in [0.05, 0.1) is 11.6 Å². The fourth-order valence-electron chi connectivity index (χ4n) is 2.63. The Labute approximate surface area is 134 Å². The Morgan fingerprint density at radius 1 is 1.00 bits per heavy atom. The van der Waals surface area contributed by atoms with Crippen LogP contribution in [0.15, 0.2) is 54.6 Å². The lowest BCUT2D eigenvalue weighted by Gasteiger charge is -2.11. The van der Waals surface area contributed by atoms with E-state index in [1.165, 1.54) is 6.08 Å². The van der Waals surface area contributed by atoms with Crippen molar-refractivity contribution in [3.05, 3.63) is 65.2 Å². The number of ether oxygens (including phenoxy) is 1. The highest BCUT2D eigenvalue weighted by Crippen LogP contribution is 2.36. The summed E-state index contributed by atoms with van der Waals surface area (Å²) in [6.07, 6.45) is 3.27. The van der Waals surface area contributed by atoms with Crippen LogP contribution >= 0.6 is 11.6 Å². The van der Waals surface area contributed by atoms with Crippen molar-refractivity contribution in [2.45, 2.75) is 6.92 Å². The number of benzene rings is 3. The molecule has 3 heteroatoms. The minimum Gasteiger partial charge on any atom is -0.463 e. The van der Waals surface area contributed by atoms with Crippen molar-refractivity contribution < 1.29 is 9.53 Å². The van der Waals surface area contributed by atoms with Crippen molar-refractivity contribution in [2.75, 3.05) is 6.61 Å². The molecule has 3 rings (SSSR count). The van der Waals surface area contributed by atoms with Gasteiger partial charge in [-0.05, 0) is 29.3 Å². The predicted molar refractivity (Wildman–Crippen MR) is 92.1 cm³/mol. The van der Waals surface area contributed by atoms with E-state index in [1.807, 2.05) is 48.5 Å². The summed E-state index contributed by atoms with van der Waals surface area (Å²) in [4.78, 5) is 11.6. The Balaban J connectivity index is 2.29. The maximum atomic E-state index is 11.6. The smallest absolute Gasteiger partial charge is 0.330 e. The molecule has 0 bridgehead atoms. The molecular weight excluding hydrogens is 296 g/mol. The van der Waals surface area contributed by atoms with Gasteiger partial charge in [-0.3, -0.25) is 0 Å². The first-order chi connectivity index (χ1) is 10.7. The van der Waals surface area contributed by atoms with Crippen molar-refractivity contribution in [2.24, 2.45) is 0 Å². The summed E-state index contributed by atoms with van der Waals surface area (Å²) in [7, 11) is 0. The van der Waals surface area contributed by atoms with E-state index in [4.69, 9.17) is 16.3 Å². The quantitative estimate of drug-likeness (QED) is 0.376. The van der Waals surface area contributed by atoms with Gasteiger partial charge < -0.3 is 4.74 Å². The van der Waals surface area contributed by atoms with Gasteiger partial charge in [0.25, 0.3) is 0 Å². The fraction of sp³-hybridized carbons (Fsp3) is 0.105. The van der Waals surface area contributed by atoms with Gasteiger partial charge in [0.2, 0.25) is 0 Å². The Morgan fingerprint density at radius 3 is 2.00 bits per heavy atom. The molecule has 3 aromatic carbocycles. The monoisotopic (exact) mass is 310 g/mol. The van der Waals surface area contributed by atoms with Crippen LogP contribution in [0.1, 0.15) is 12.5 Å². The van der Waals surface area contributed by atoms with Crippen LogP contribution in [0.2, 0.25) is 5.02 Å². The zero-order valence-electron chi connectivity index (χ0n) is 12.2. The normalized spacial score (nSPS) is 11.4. The van der Waals surface area contributed by atoms with Crippen molar-refractivity contribution in [3.8, 4) is 0 Å². The number of halogens is 1. The molecule has 0 aliphatic heterocycles. The Bertz CT molecular complexity index is 824. The van der Waals surface area contributed by atoms with Gasteiger partial charge in [-0.2, -0.15) is 0 Å². The minimum atomic E-state index is -0.342. The molecule has 0 aromatic heterocycles. The standard InChI is InChI=1S/C19H15ClO2/c1-2-22-18(21)12-11-15-13-7-3-5-9-16(13)19(20)17-10-6-4-8-14(15)17/h3-12H,2H2,1H3. The van der Waals surface area contributed by atoms with E-state index < -0.39 is 0 Å². The maximum Gasteiger partial charge on any atom is 0.330 e. The van der Waals surface area contributed by atoms with E-state index in [-0.39, 0.29) is 5.97 Å². The van der Waals surface area contributed by atoms with Crippen molar-refractivity contribution >= 4 is 45.2 Å². The molecule has 0 amide bonds. The molecule has 2 nitrogen and oxygen atoms in total. The highest BCUT2D eigenvalue weighted by atomic mass is 35.5. The Morgan fingerprint density at radius 2 is 1.50 bits per heavy atom. The third-order valence-electron chi connectivity index (χ3n) is 3.58. The Hall–Kier alpha value is -2.32. The number of fused-ring (bicyclic) bond motifs is 2. The van der Waals surface area contributed by atoms with Gasteiger partial charge in [-0.15, -0.1) is 0 Å². The van der Waals surface area contributed by atoms with Crippen molar-refractivity contribution in [1.82, 2.24) is 0 Å². The third-order valence-corrected chi connectivity index (χ3v) is 3.99. The second-order valence-electron chi connectivity index (χ2n) is 4.90. The lowest BCUT2D eigenvalue weighted by molar-refractivity contribution is -0.137. The molecule has 110 valence electrons. The molecule has 0 unspecified atom stereocenters. The molecule has 0 N–H and O–H groups in total. The second-order valence-corrected chi connectivity index (χ2v) is 5.28.